The summed E-state index contributed by atoms with van der Waals surface area (Å²) >= 11 is 0. The summed E-state index contributed by atoms with van der Waals surface area (Å²) in [5.74, 6) is 2.70. The number of nitrogens with zero attached hydrogens (tertiary/aromatic N) is 3. The molecule has 1 N–H and O–H groups in total. The van der Waals surface area contributed by atoms with Crippen LogP contribution in [0.15, 0.2) is 28.9 Å². The van der Waals surface area contributed by atoms with E-state index < -0.39 is 0 Å². The molecule has 0 spiro atoms. The standard InChI is InChI=1S/C17H26N4O/c1-5-6-17-20-12-15(22-17)11-18-9-14-7-8-16(19-10-14)21(4)13(2)3/h7-8,10,12-13,18H,5-6,9,11H2,1-4H3. The number of nitrogens with one attached hydrogen (secondary N) is 1. The fourth-order valence-electron chi connectivity index (χ4n) is 2.08. The summed E-state index contributed by atoms with van der Waals surface area (Å²) in [6.45, 7) is 7.88. The first-order chi connectivity index (χ1) is 10.6. The molecule has 2 heterocycles. The Morgan fingerprint density at radius 3 is 2.64 bits per heavy atom. The molecule has 0 bridgehead atoms. The van der Waals surface area contributed by atoms with Crippen molar-refractivity contribution in [1.29, 1.82) is 0 Å². The van der Waals surface area contributed by atoms with Crippen molar-refractivity contribution in [2.75, 3.05) is 11.9 Å². The van der Waals surface area contributed by atoms with Crippen LogP contribution < -0.4 is 10.2 Å². The highest BCUT2D eigenvalue weighted by Gasteiger charge is 2.06. The fraction of sp³-hybridized carbons (Fsp3) is 0.529. The molecular formula is C17H26N4O. The summed E-state index contributed by atoms with van der Waals surface area (Å²) in [6, 6.07) is 4.61. The third kappa shape index (κ3) is 4.56. The second-order valence-electron chi connectivity index (χ2n) is 5.80. The zero-order valence-electron chi connectivity index (χ0n) is 14.0. The Bertz CT molecular complexity index is 562. The van der Waals surface area contributed by atoms with Crippen LogP contribution >= 0.6 is 0 Å². The third-order valence-electron chi connectivity index (χ3n) is 3.64. The van der Waals surface area contributed by atoms with Crippen LogP contribution in [0.1, 0.15) is 44.4 Å². The van der Waals surface area contributed by atoms with E-state index >= 15 is 0 Å². The Balaban J connectivity index is 1.81. The molecule has 2 aromatic heterocycles. The molecule has 0 aliphatic heterocycles. The molecule has 0 aliphatic carbocycles. The molecule has 5 nitrogen and oxygen atoms in total. The highest BCUT2D eigenvalue weighted by Crippen LogP contribution is 2.12. The Morgan fingerprint density at radius 2 is 2.00 bits per heavy atom. The van der Waals surface area contributed by atoms with Crippen LogP contribution in [-0.4, -0.2) is 23.1 Å². The number of hydrogen-bond acceptors (Lipinski definition) is 5. The van der Waals surface area contributed by atoms with Crippen molar-refractivity contribution in [2.45, 2.75) is 52.7 Å². The summed E-state index contributed by atoms with van der Waals surface area (Å²) < 4.78 is 5.64. The van der Waals surface area contributed by atoms with Gasteiger partial charge < -0.3 is 14.6 Å². The van der Waals surface area contributed by atoms with Crippen LogP contribution in [0.4, 0.5) is 5.82 Å². The highest BCUT2D eigenvalue weighted by atomic mass is 16.4. The lowest BCUT2D eigenvalue weighted by atomic mass is 10.2. The molecule has 22 heavy (non-hydrogen) atoms. The number of hydrogen-bond donors (Lipinski definition) is 1. The molecule has 0 aromatic carbocycles. The average molecular weight is 302 g/mol. The zero-order valence-corrected chi connectivity index (χ0v) is 14.0. The van der Waals surface area contributed by atoms with E-state index in [0.717, 1.165) is 42.4 Å². The second kappa shape index (κ2) is 7.94. The minimum atomic E-state index is 0.445. The summed E-state index contributed by atoms with van der Waals surface area (Å²) in [6.07, 6.45) is 5.67. The van der Waals surface area contributed by atoms with E-state index in [-0.39, 0.29) is 0 Å². The van der Waals surface area contributed by atoms with Gasteiger partial charge in [-0.05, 0) is 31.9 Å². The normalized spacial score (nSPS) is 11.1. The molecule has 0 radical (unpaired) electrons. The number of aromatic nitrogens is 2. The van der Waals surface area contributed by atoms with Crippen molar-refractivity contribution in [2.24, 2.45) is 0 Å². The van der Waals surface area contributed by atoms with E-state index in [0.29, 0.717) is 12.6 Å². The fourth-order valence-corrected chi connectivity index (χ4v) is 2.08. The van der Waals surface area contributed by atoms with E-state index in [2.05, 4.69) is 60.1 Å². The summed E-state index contributed by atoms with van der Waals surface area (Å²) in [5.41, 5.74) is 1.16. The lowest BCUT2D eigenvalue weighted by Crippen LogP contribution is -2.26. The quantitative estimate of drug-likeness (QED) is 0.812. The number of aryl methyl sites for hydroxylation is 1. The molecular weight excluding hydrogens is 276 g/mol. The Labute approximate surface area is 132 Å². The average Bonchev–Trinajstić information content (AvgIpc) is 2.95. The number of oxazole rings is 1. The van der Waals surface area contributed by atoms with Gasteiger partial charge in [0, 0.05) is 32.3 Å². The van der Waals surface area contributed by atoms with Crippen LogP contribution in [0.2, 0.25) is 0 Å². The molecule has 0 saturated heterocycles. The van der Waals surface area contributed by atoms with Gasteiger partial charge >= 0.3 is 0 Å². The van der Waals surface area contributed by atoms with E-state index in [1.807, 2.05) is 6.20 Å². The van der Waals surface area contributed by atoms with E-state index in [1.165, 1.54) is 0 Å². The smallest absolute Gasteiger partial charge is 0.194 e. The van der Waals surface area contributed by atoms with Gasteiger partial charge in [0.2, 0.25) is 0 Å². The lowest BCUT2D eigenvalue weighted by Gasteiger charge is -2.22. The van der Waals surface area contributed by atoms with Gasteiger partial charge in [0.25, 0.3) is 0 Å². The maximum atomic E-state index is 5.64. The van der Waals surface area contributed by atoms with Gasteiger partial charge in [-0.25, -0.2) is 9.97 Å². The highest BCUT2D eigenvalue weighted by molar-refractivity contribution is 5.39. The van der Waals surface area contributed by atoms with Crippen LogP contribution in [0.5, 0.6) is 0 Å². The monoisotopic (exact) mass is 302 g/mol. The van der Waals surface area contributed by atoms with Crippen molar-refractivity contribution in [3.63, 3.8) is 0 Å². The summed E-state index contributed by atoms with van der Waals surface area (Å²) in [7, 11) is 2.06. The Morgan fingerprint density at radius 1 is 1.18 bits per heavy atom. The molecule has 0 saturated carbocycles. The minimum absolute atomic E-state index is 0.445. The molecule has 2 aromatic rings. The molecule has 0 atom stereocenters. The first-order valence-electron chi connectivity index (χ1n) is 7.92. The first kappa shape index (κ1) is 16.5. The molecule has 5 heteroatoms. The second-order valence-corrected chi connectivity index (χ2v) is 5.80. The molecule has 0 amide bonds. The van der Waals surface area contributed by atoms with Gasteiger partial charge in [-0.2, -0.15) is 0 Å². The maximum Gasteiger partial charge on any atom is 0.194 e. The van der Waals surface area contributed by atoms with E-state index in [1.54, 1.807) is 6.20 Å². The predicted octanol–water partition coefficient (Wildman–Crippen LogP) is 3.16. The molecule has 0 unspecified atom stereocenters. The van der Waals surface area contributed by atoms with E-state index in [4.69, 9.17) is 4.42 Å². The van der Waals surface area contributed by atoms with Crippen LogP contribution in [-0.2, 0) is 19.5 Å². The van der Waals surface area contributed by atoms with Gasteiger partial charge in [-0.1, -0.05) is 13.0 Å². The van der Waals surface area contributed by atoms with E-state index in [9.17, 15) is 0 Å². The van der Waals surface area contributed by atoms with Gasteiger partial charge in [-0.15, -0.1) is 0 Å². The van der Waals surface area contributed by atoms with Crippen molar-refractivity contribution >= 4 is 5.82 Å². The Kier molecular flexibility index (Phi) is 5.95. The van der Waals surface area contributed by atoms with Crippen molar-refractivity contribution in [3.05, 3.63) is 41.7 Å². The third-order valence-corrected chi connectivity index (χ3v) is 3.64. The van der Waals surface area contributed by atoms with Crippen LogP contribution in [0, 0.1) is 0 Å². The number of pyridine rings is 1. The van der Waals surface area contributed by atoms with Gasteiger partial charge in [0.1, 0.15) is 11.6 Å². The van der Waals surface area contributed by atoms with Gasteiger partial charge in [0.05, 0.1) is 12.7 Å². The molecule has 0 aliphatic rings. The zero-order chi connectivity index (χ0) is 15.9. The number of anilines is 1. The molecule has 120 valence electrons. The Hall–Kier alpha value is -1.88. The SMILES string of the molecule is CCCc1ncc(CNCc2ccc(N(C)C(C)C)nc2)o1. The van der Waals surface area contributed by atoms with Crippen LogP contribution in [0.25, 0.3) is 0 Å². The first-order valence-corrected chi connectivity index (χ1v) is 7.92. The van der Waals surface area contributed by atoms with Gasteiger partial charge in [0.15, 0.2) is 5.89 Å². The van der Waals surface area contributed by atoms with Gasteiger partial charge in [-0.3, -0.25) is 0 Å². The largest absolute Gasteiger partial charge is 0.444 e. The van der Waals surface area contributed by atoms with Crippen LogP contribution in [0.3, 0.4) is 0 Å². The molecule has 0 fully saturated rings. The predicted molar refractivity (Wildman–Crippen MR) is 88.8 cm³/mol. The van der Waals surface area contributed by atoms with Crippen molar-refractivity contribution in [3.8, 4) is 0 Å². The van der Waals surface area contributed by atoms with Crippen molar-refractivity contribution in [1.82, 2.24) is 15.3 Å². The molecule has 2 rings (SSSR count). The van der Waals surface area contributed by atoms with Crippen molar-refractivity contribution < 1.29 is 4.42 Å². The topological polar surface area (TPSA) is 54.2 Å². The summed E-state index contributed by atoms with van der Waals surface area (Å²) in [4.78, 5) is 10.9. The number of rotatable bonds is 8. The lowest BCUT2D eigenvalue weighted by molar-refractivity contribution is 0.436. The summed E-state index contributed by atoms with van der Waals surface area (Å²) in [5, 5.41) is 3.36. The maximum absolute atomic E-state index is 5.64. The minimum Gasteiger partial charge on any atom is -0.444 e.